The Bertz CT molecular complexity index is 944. The maximum atomic E-state index is 12.0. The Hall–Kier alpha value is -2.82. The molecule has 2 aromatic rings. The average molecular weight is 405 g/mol. The van der Waals surface area contributed by atoms with Crippen molar-refractivity contribution in [1.82, 2.24) is 0 Å². The van der Waals surface area contributed by atoms with E-state index in [0.717, 1.165) is 22.5 Å². The molecule has 27 heavy (non-hydrogen) atoms. The molecule has 0 aliphatic carbocycles. The Labute approximate surface area is 165 Å². The summed E-state index contributed by atoms with van der Waals surface area (Å²) in [6, 6.07) is 7.31. The summed E-state index contributed by atoms with van der Waals surface area (Å²) >= 11 is 6.98. The van der Waals surface area contributed by atoms with Crippen molar-refractivity contribution in [2.45, 2.75) is 20.5 Å². The van der Waals surface area contributed by atoms with E-state index in [1.807, 2.05) is 25.1 Å². The summed E-state index contributed by atoms with van der Waals surface area (Å²) in [6.07, 6.45) is 2.81. The number of carbonyl (C=O) groups is 2. The number of nitrogens with zero attached hydrogens (tertiary/aromatic N) is 1. The molecular weight excluding hydrogens is 388 g/mol. The molecule has 0 radical (unpaired) electrons. The largest absolute Gasteiger partial charge is 0.462 e. The van der Waals surface area contributed by atoms with Crippen LogP contribution in [0.5, 0.6) is 0 Å². The zero-order chi connectivity index (χ0) is 20.0. The number of nitrogens with two attached hydrogens (primary N) is 1. The molecule has 0 atom stereocenters. The fourth-order valence-corrected chi connectivity index (χ4v) is 3.28. The van der Waals surface area contributed by atoms with Gasteiger partial charge in [-0.1, -0.05) is 23.7 Å². The highest BCUT2D eigenvalue weighted by molar-refractivity contribution is 7.18. The van der Waals surface area contributed by atoms with Gasteiger partial charge in [0.15, 0.2) is 0 Å². The second kappa shape index (κ2) is 9.21. The van der Waals surface area contributed by atoms with Crippen molar-refractivity contribution < 1.29 is 19.1 Å². The highest BCUT2D eigenvalue weighted by Gasteiger charge is 2.23. The number of hydrogen-bond acceptors (Lipinski definition) is 7. The predicted molar refractivity (Wildman–Crippen MR) is 104 cm³/mol. The minimum atomic E-state index is -0.629. The second-order valence-corrected chi connectivity index (χ2v) is 6.89. The number of rotatable bonds is 6. The van der Waals surface area contributed by atoms with Crippen molar-refractivity contribution in [3.63, 3.8) is 0 Å². The number of benzene rings is 1. The third-order valence-corrected chi connectivity index (χ3v) is 5.02. The van der Waals surface area contributed by atoms with Gasteiger partial charge in [0.2, 0.25) is 0 Å². The van der Waals surface area contributed by atoms with Crippen molar-refractivity contribution in [1.29, 1.82) is 5.26 Å². The predicted octanol–water partition coefficient (Wildman–Crippen LogP) is 4.10. The highest BCUT2D eigenvalue weighted by Crippen LogP contribution is 2.31. The van der Waals surface area contributed by atoms with Crippen LogP contribution in [0.15, 0.2) is 24.3 Å². The van der Waals surface area contributed by atoms with Gasteiger partial charge in [-0.2, -0.15) is 5.26 Å². The van der Waals surface area contributed by atoms with Gasteiger partial charge in [0.05, 0.1) is 12.2 Å². The van der Waals surface area contributed by atoms with Crippen LogP contribution in [0.4, 0.5) is 5.00 Å². The molecular formula is C19H17ClN2O4S. The van der Waals surface area contributed by atoms with Gasteiger partial charge in [-0.3, -0.25) is 0 Å². The fraction of sp³-hybridized carbons (Fsp3) is 0.211. The third-order valence-electron chi connectivity index (χ3n) is 3.57. The Kier molecular flexibility index (Phi) is 6.99. The first-order valence-electron chi connectivity index (χ1n) is 7.96. The van der Waals surface area contributed by atoms with E-state index < -0.39 is 11.9 Å². The number of esters is 2. The van der Waals surface area contributed by atoms with Crippen LogP contribution in [-0.2, 0) is 20.9 Å². The maximum Gasteiger partial charge on any atom is 0.348 e. The van der Waals surface area contributed by atoms with E-state index in [-0.39, 0.29) is 34.2 Å². The molecule has 2 rings (SSSR count). The van der Waals surface area contributed by atoms with Crippen LogP contribution in [-0.4, -0.2) is 18.5 Å². The fourth-order valence-electron chi connectivity index (χ4n) is 2.18. The van der Waals surface area contributed by atoms with E-state index >= 15 is 0 Å². The van der Waals surface area contributed by atoms with Crippen LogP contribution in [0.2, 0.25) is 5.02 Å². The highest BCUT2D eigenvalue weighted by atomic mass is 35.5. The molecule has 140 valence electrons. The van der Waals surface area contributed by atoms with Gasteiger partial charge in [0.25, 0.3) is 0 Å². The second-order valence-electron chi connectivity index (χ2n) is 5.43. The summed E-state index contributed by atoms with van der Waals surface area (Å²) in [5.74, 6) is -1.23. The molecule has 0 saturated heterocycles. The van der Waals surface area contributed by atoms with Crippen LogP contribution in [0.1, 0.15) is 38.8 Å². The zero-order valence-corrected chi connectivity index (χ0v) is 16.3. The van der Waals surface area contributed by atoms with E-state index in [2.05, 4.69) is 0 Å². The van der Waals surface area contributed by atoms with Crippen molar-refractivity contribution in [2.24, 2.45) is 0 Å². The number of thiophene rings is 1. The summed E-state index contributed by atoms with van der Waals surface area (Å²) in [5.41, 5.74) is 7.82. The first kappa shape index (κ1) is 20.5. The van der Waals surface area contributed by atoms with Crippen molar-refractivity contribution in [2.75, 3.05) is 12.3 Å². The van der Waals surface area contributed by atoms with Crippen LogP contribution in [0.25, 0.3) is 6.08 Å². The summed E-state index contributed by atoms with van der Waals surface area (Å²) < 4.78 is 10.1. The minimum Gasteiger partial charge on any atom is -0.462 e. The van der Waals surface area contributed by atoms with E-state index in [4.69, 9.17) is 26.8 Å². The smallest absolute Gasteiger partial charge is 0.348 e. The van der Waals surface area contributed by atoms with Gasteiger partial charge in [0, 0.05) is 16.7 Å². The Morgan fingerprint density at radius 1 is 1.37 bits per heavy atom. The lowest BCUT2D eigenvalue weighted by molar-refractivity contribution is -0.138. The lowest BCUT2D eigenvalue weighted by atomic mass is 10.1. The van der Waals surface area contributed by atoms with Crippen molar-refractivity contribution >= 4 is 46.0 Å². The van der Waals surface area contributed by atoms with Gasteiger partial charge in [-0.25, -0.2) is 9.59 Å². The van der Waals surface area contributed by atoms with E-state index in [0.29, 0.717) is 5.02 Å². The van der Waals surface area contributed by atoms with Crippen LogP contribution >= 0.6 is 22.9 Å². The molecule has 0 bridgehead atoms. The molecule has 0 saturated carbocycles. The third kappa shape index (κ3) is 5.09. The maximum absolute atomic E-state index is 12.0. The molecule has 8 heteroatoms. The molecule has 0 spiro atoms. The average Bonchev–Trinajstić information content (AvgIpc) is 2.96. The normalized spacial score (nSPS) is 10.6. The molecule has 2 N–H and O–H groups in total. The first-order valence-corrected chi connectivity index (χ1v) is 9.16. The zero-order valence-electron chi connectivity index (χ0n) is 14.7. The molecule has 6 nitrogen and oxygen atoms in total. The number of aryl methyl sites for hydroxylation is 1. The number of ether oxygens (including phenoxy) is 2. The van der Waals surface area contributed by atoms with Gasteiger partial charge < -0.3 is 15.2 Å². The van der Waals surface area contributed by atoms with Gasteiger partial charge in [0.1, 0.15) is 22.6 Å². The van der Waals surface area contributed by atoms with E-state index in [9.17, 15) is 14.9 Å². The van der Waals surface area contributed by atoms with Crippen molar-refractivity contribution in [3.05, 3.63) is 56.4 Å². The summed E-state index contributed by atoms with van der Waals surface area (Å²) in [6.45, 7) is 3.47. The SMILES string of the molecule is CCOC(=O)c1sc(N)c(C#N)c1COC(=O)/C=C/c1ccc(C)c(Cl)c1. The lowest BCUT2D eigenvalue weighted by Crippen LogP contribution is -2.08. The van der Waals surface area contributed by atoms with Gasteiger partial charge in [-0.05, 0) is 37.1 Å². The Balaban J connectivity index is 2.12. The molecule has 0 fully saturated rings. The van der Waals surface area contributed by atoms with Crippen molar-refractivity contribution in [3.8, 4) is 6.07 Å². The van der Waals surface area contributed by atoms with E-state index in [1.165, 1.54) is 6.08 Å². The molecule has 1 heterocycles. The van der Waals surface area contributed by atoms with Crippen LogP contribution < -0.4 is 5.73 Å². The molecule has 0 unspecified atom stereocenters. The number of nitrogen functional groups attached to an aromatic ring is 1. The van der Waals surface area contributed by atoms with Gasteiger partial charge in [-0.15, -0.1) is 11.3 Å². The number of halogens is 1. The van der Waals surface area contributed by atoms with Crippen LogP contribution in [0, 0.1) is 18.3 Å². The van der Waals surface area contributed by atoms with Crippen LogP contribution in [0.3, 0.4) is 0 Å². The molecule has 1 aromatic carbocycles. The first-order chi connectivity index (χ1) is 12.9. The molecule has 1 aromatic heterocycles. The van der Waals surface area contributed by atoms with E-state index in [1.54, 1.807) is 19.1 Å². The lowest BCUT2D eigenvalue weighted by Gasteiger charge is -2.05. The number of anilines is 1. The molecule has 0 aliphatic heterocycles. The number of hydrogen-bond donors (Lipinski definition) is 1. The standard InChI is InChI=1S/C19H17ClN2O4S/c1-3-25-19(24)17-14(13(9-21)18(22)27-17)10-26-16(23)7-6-12-5-4-11(2)15(20)8-12/h4-8H,3,10,22H2,1-2H3/b7-6+. The summed E-state index contributed by atoms with van der Waals surface area (Å²) in [4.78, 5) is 24.2. The molecule has 0 amide bonds. The number of carbonyl (C=O) groups excluding carboxylic acids is 2. The monoisotopic (exact) mass is 404 g/mol. The minimum absolute atomic E-state index is 0.116. The quantitative estimate of drug-likeness (QED) is 0.574. The Morgan fingerprint density at radius 3 is 2.74 bits per heavy atom. The summed E-state index contributed by atoms with van der Waals surface area (Å²) in [5, 5.41) is 10.0. The molecule has 0 aliphatic rings. The Morgan fingerprint density at radius 2 is 2.11 bits per heavy atom. The topological polar surface area (TPSA) is 102 Å². The summed E-state index contributed by atoms with van der Waals surface area (Å²) in [7, 11) is 0. The number of nitriles is 1. The van der Waals surface area contributed by atoms with Gasteiger partial charge >= 0.3 is 11.9 Å².